The highest BCUT2D eigenvalue weighted by molar-refractivity contribution is 5.42. The molecule has 4 unspecified atom stereocenters. The van der Waals surface area contributed by atoms with Gasteiger partial charge in [0.1, 0.15) is 11.6 Å². The molecule has 0 bridgehead atoms. The van der Waals surface area contributed by atoms with Gasteiger partial charge >= 0.3 is 0 Å². The largest absolute Gasteiger partial charge is 0.235 e. The molecule has 0 aromatic heterocycles. The van der Waals surface area contributed by atoms with E-state index < -0.39 is 17.6 Å². The molecule has 1 aliphatic carbocycles. The lowest BCUT2D eigenvalue weighted by Crippen LogP contribution is -2.52. The van der Waals surface area contributed by atoms with E-state index in [0.717, 1.165) is 5.56 Å². The van der Waals surface area contributed by atoms with Crippen LogP contribution < -0.4 is 0 Å². The maximum Gasteiger partial charge on any atom is 0.235 e. The fourth-order valence-corrected chi connectivity index (χ4v) is 3.50. The molecule has 1 aliphatic rings. The maximum absolute atomic E-state index is 11.1. The first kappa shape index (κ1) is 16.7. The third kappa shape index (κ3) is 3.25. The normalized spacial score (nSPS) is 27.7. The standard InChI is InChI=1S/C17H17N3O3/c1-13(14-6-3-2-4-7-14)17(20-12-23)9-5-8-15(18-10-21)16(17)19-11-22/h2-4,6-7,13,15-16H,5,8-9H2,1H3. The van der Waals surface area contributed by atoms with Gasteiger partial charge in [0.05, 0.1) is 6.04 Å². The van der Waals surface area contributed by atoms with Gasteiger partial charge in [0.25, 0.3) is 0 Å². The van der Waals surface area contributed by atoms with Gasteiger partial charge in [0, 0.05) is 5.92 Å². The number of carbonyl (C=O) groups excluding carboxylic acids is 3. The predicted octanol–water partition coefficient (Wildman–Crippen LogP) is 2.46. The molecular weight excluding hydrogens is 294 g/mol. The second kappa shape index (κ2) is 7.57. The average Bonchev–Trinajstić information content (AvgIpc) is 2.58. The van der Waals surface area contributed by atoms with Crippen LogP contribution in [0.5, 0.6) is 0 Å². The van der Waals surface area contributed by atoms with Gasteiger partial charge in [-0.25, -0.2) is 19.4 Å². The Morgan fingerprint density at radius 3 is 2.39 bits per heavy atom. The summed E-state index contributed by atoms with van der Waals surface area (Å²) in [6.07, 6.45) is 6.55. The summed E-state index contributed by atoms with van der Waals surface area (Å²) in [4.78, 5) is 44.4. The average molecular weight is 311 g/mol. The smallest absolute Gasteiger partial charge is 0.211 e. The van der Waals surface area contributed by atoms with E-state index in [-0.39, 0.29) is 5.92 Å². The molecule has 0 heterocycles. The molecule has 23 heavy (non-hydrogen) atoms. The van der Waals surface area contributed by atoms with E-state index in [1.54, 1.807) is 12.2 Å². The van der Waals surface area contributed by atoms with Crippen LogP contribution in [0.2, 0.25) is 0 Å². The second-order valence-electron chi connectivity index (χ2n) is 5.67. The van der Waals surface area contributed by atoms with Crippen molar-refractivity contribution >= 4 is 18.2 Å². The van der Waals surface area contributed by atoms with Crippen molar-refractivity contribution in [2.24, 2.45) is 15.0 Å². The first-order valence-electron chi connectivity index (χ1n) is 7.47. The summed E-state index contributed by atoms with van der Waals surface area (Å²) in [6.45, 7) is 1.93. The van der Waals surface area contributed by atoms with Crippen LogP contribution in [-0.2, 0) is 14.4 Å². The highest BCUT2D eigenvalue weighted by Crippen LogP contribution is 2.45. The van der Waals surface area contributed by atoms with E-state index in [1.807, 2.05) is 37.3 Å². The zero-order chi connectivity index (χ0) is 16.7. The SMILES string of the molecule is CC(c1ccccc1)C1(N=C=O)CCCC(N=C=O)C1N=C=O. The maximum atomic E-state index is 11.1. The van der Waals surface area contributed by atoms with E-state index >= 15 is 0 Å². The van der Waals surface area contributed by atoms with E-state index in [4.69, 9.17) is 0 Å². The molecule has 1 aromatic carbocycles. The molecule has 1 aromatic rings. The quantitative estimate of drug-likeness (QED) is 0.618. The van der Waals surface area contributed by atoms with Crippen molar-refractivity contribution in [3.05, 3.63) is 35.9 Å². The fourth-order valence-electron chi connectivity index (χ4n) is 3.50. The number of benzene rings is 1. The minimum atomic E-state index is -0.968. The van der Waals surface area contributed by atoms with Crippen molar-refractivity contribution in [3.63, 3.8) is 0 Å². The Kier molecular flexibility index (Phi) is 5.51. The van der Waals surface area contributed by atoms with E-state index in [1.165, 1.54) is 6.08 Å². The Balaban J connectivity index is 2.57. The molecule has 0 N–H and O–H groups in total. The molecule has 1 fully saturated rings. The second-order valence-corrected chi connectivity index (χ2v) is 5.67. The molecule has 6 nitrogen and oxygen atoms in total. The summed E-state index contributed by atoms with van der Waals surface area (Å²) in [5.74, 6) is -0.197. The topological polar surface area (TPSA) is 88.3 Å². The van der Waals surface area contributed by atoms with E-state index in [2.05, 4.69) is 15.0 Å². The highest BCUT2D eigenvalue weighted by Gasteiger charge is 2.50. The summed E-state index contributed by atoms with van der Waals surface area (Å²) >= 11 is 0. The van der Waals surface area contributed by atoms with Crippen molar-refractivity contribution in [2.45, 2.75) is 49.7 Å². The minimum Gasteiger partial charge on any atom is -0.211 e. The summed E-state index contributed by atoms with van der Waals surface area (Å²) in [5.41, 5.74) is -0.00242. The van der Waals surface area contributed by atoms with E-state index in [0.29, 0.717) is 19.3 Å². The molecule has 0 saturated heterocycles. The number of rotatable bonds is 5. The molecule has 2 rings (SSSR count). The van der Waals surface area contributed by atoms with Crippen LogP contribution in [0.4, 0.5) is 0 Å². The van der Waals surface area contributed by atoms with Crippen LogP contribution in [0.25, 0.3) is 0 Å². The number of isocyanates is 3. The monoisotopic (exact) mass is 311 g/mol. The van der Waals surface area contributed by atoms with Crippen LogP contribution in [0.3, 0.4) is 0 Å². The zero-order valence-electron chi connectivity index (χ0n) is 12.8. The summed E-state index contributed by atoms with van der Waals surface area (Å²) in [7, 11) is 0. The third-order valence-corrected chi connectivity index (χ3v) is 4.67. The Morgan fingerprint density at radius 2 is 1.78 bits per heavy atom. The van der Waals surface area contributed by atoms with Gasteiger partial charge in [-0.3, -0.25) is 0 Å². The lowest BCUT2D eigenvalue weighted by molar-refractivity contribution is 0.200. The van der Waals surface area contributed by atoms with Gasteiger partial charge in [0.2, 0.25) is 18.2 Å². The Morgan fingerprint density at radius 1 is 1.09 bits per heavy atom. The van der Waals surface area contributed by atoms with Gasteiger partial charge in [0.15, 0.2) is 0 Å². The third-order valence-electron chi connectivity index (χ3n) is 4.67. The van der Waals surface area contributed by atoms with Gasteiger partial charge in [-0.05, 0) is 24.8 Å². The van der Waals surface area contributed by atoms with Gasteiger partial charge in [-0.1, -0.05) is 37.3 Å². The lowest BCUT2D eigenvalue weighted by Gasteiger charge is -2.43. The molecule has 118 valence electrons. The van der Waals surface area contributed by atoms with Crippen LogP contribution in [0.1, 0.15) is 37.7 Å². The molecule has 0 amide bonds. The lowest BCUT2D eigenvalue weighted by atomic mass is 9.66. The number of hydrogen-bond acceptors (Lipinski definition) is 6. The fraction of sp³-hybridized carbons (Fsp3) is 0.471. The van der Waals surface area contributed by atoms with E-state index in [9.17, 15) is 14.4 Å². The minimum absolute atomic E-state index is 0.197. The van der Waals surface area contributed by atoms with Crippen molar-refractivity contribution < 1.29 is 14.4 Å². The summed E-state index contributed by atoms with van der Waals surface area (Å²) in [6, 6.07) is 8.28. The van der Waals surface area contributed by atoms with Crippen LogP contribution in [0.15, 0.2) is 45.3 Å². The Hall–Kier alpha value is -2.64. The van der Waals surface area contributed by atoms with Gasteiger partial charge in [-0.15, -0.1) is 0 Å². The molecule has 0 aliphatic heterocycles. The van der Waals surface area contributed by atoms with Gasteiger partial charge < -0.3 is 0 Å². The summed E-state index contributed by atoms with van der Waals surface area (Å²) in [5, 5.41) is 0. The van der Waals surface area contributed by atoms with Crippen molar-refractivity contribution in [1.29, 1.82) is 0 Å². The molecule has 0 spiro atoms. The predicted molar refractivity (Wildman–Crippen MR) is 83.4 cm³/mol. The Labute approximate surface area is 134 Å². The van der Waals surface area contributed by atoms with Crippen molar-refractivity contribution in [3.8, 4) is 0 Å². The molecular formula is C17H17N3O3. The number of nitrogens with zero attached hydrogens (tertiary/aromatic N) is 3. The number of aliphatic imine (C=N–C) groups is 3. The van der Waals surface area contributed by atoms with Crippen LogP contribution in [-0.4, -0.2) is 35.9 Å². The first-order chi connectivity index (χ1) is 11.2. The molecule has 1 saturated carbocycles. The van der Waals surface area contributed by atoms with Crippen LogP contribution in [0, 0.1) is 0 Å². The van der Waals surface area contributed by atoms with Crippen LogP contribution >= 0.6 is 0 Å². The molecule has 0 radical (unpaired) electrons. The molecule has 6 heteroatoms. The molecule has 4 atom stereocenters. The van der Waals surface area contributed by atoms with Gasteiger partial charge in [-0.2, -0.15) is 9.98 Å². The Bertz CT molecular complexity index is 686. The highest BCUT2D eigenvalue weighted by atomic mass is 16.1. The van der Waals surface area contributed by atoms with Crippen molar-refractivity contribution in [1.82, 2.24) is 0 Å². The van der Waals surface area contributed by atoms with Crippen molar-refractivity contribution in [2.75, 3.05) is 0 Å². The first-order valence-corrected chi connectivity index (χ1v) is 7.47. The summed E-state index contributed by atoms with van der Waals surface area (Å²) < 4.78 is 0. The zero-order valence-corrected chi connectivity index (χ0v) is 12.8. The number of hydrogen-bond donors (Lipinski definition) is 0.